The Morgan fingerprint density at radius 1 is 1.40 bits per heavy atom. The van der Waals surface area contributed by atoms with E-state index in [2.05, 4.69) is 10.6 Å². The van der Waals surface area contributed by atoms with Gasteiger partial charge in [-0.25, -0.2) is 8.42 Å². The molecule has 1 rings (SSSR count). The molecule has 1 aliphatic rings. The average molecular weight is 250 g/mol. The summed E-state index contributed by atoms with van der Waals surface area (Å²) in [7, 11) is -2.83. The summed E-state index contributed by atoms with van der Waals surface area (Å²) in [5.74, 6) is 0.460. The van der Waals surface area contributed by atoms with E-state index >= 15 is 0 Å². The predicted molar refractivity (Wildman–Crippen MR) is 65.7 cm³/mol. The van der Waals surface area contributed by atoms with Crippen LogP contribution in [0.15, 0.2) is 0 Å². The first-order valence-electron chi connectivity index (χ1n) is 4.97. The molecule has 6 heteroatoms. The van der Waals surface area contributed by atoms with Crippen molar-refractivity contribution in [2.45, 2.75) is 38.8 Å². The molecule has 15 heavy (non-hydrogen) atoms. The third kappa shape index (κ3) is 4.79. The largest absolute Gasteiger partial charge is 0.359 e. The Hall–Kier alpha value is -0.360. The van der Waals surface area contributed by atoms with E-state index in [1.807, 2.05) is 20.8 Å². The Morgan fingerprint density at radius 2 is 2.00 bits per heavy atom. The summed E-state index contributed by atoms with van der Waals surface area (Å²) in [6.07, 6.45) is 0.647. The first-order valence-corrected chi connectivity index (χ1v) is 7.20. The Balaban J connectivity index is 2.41. The van der Waals surface area contributed by atoms with E-state index in [0.29, 0.717) is 11.5 Å². The maximum absolute atomic E-state index is 11.2. The number of thiocarbonyl (C=S) groups is 1. The highest BCUT2D eigenvalue weighted by molar-refractivity contribution is 7.91. The highest BCUT2D eigenvalue weighted by Gasteiger charge is 2.28. The van der Waals surface area contributed by atoms with Gasteiger partial charge in [0.2, 0.25) is 0 Å². The molecule has 0 aromatic heterocycles. The standard InChI is InChI=1S/C9H18N2O2S2/c1-9(2,3)11-8(14)10-7-4-5-15(12,13)6-7/h7H,4-6H2,1-3H3,(H2,10,11,14)/t7-/m0/s1. The third-order valence-corrected chi connectivity index (χ3v) is 4.04. The van der Waals surface area contributed by atoms with Gasteiger partial charge in [-0.2, -0.15) is 0 Å². The Labute approximate surface area is 96.7 Å². The molecule has 1 saturated heterocycles. The predicted octanol–water partition coefficient (Wildman–Crippen LogP) is 0.436. The van der Waals surface area contributed by atoms with E-state index < -0.39 is 9.84 Å². The van der Waals surface area contributed by atoms with Crippen molar-refractivity contribution in [3.63, 3.8) is 0 Å². The molecule has 4 nitrogen and oxygen atoms in total. The van der Waals surface area contributed by atoms with Crippen LogP contribution in [0, 0.1) is 0 Å². The Bertz CT molecular complexity index is 344. The highest BCUT2D eigenvalue weighted by Crippen LogP contribution is 2.11. The number of rotatable bonds is 1. The van der Waals surface area contributed by atoms with Gasteiger partial charge in [-0.15, -0.1) is 0 Å². The van der Waals surface area contributed by atoms with Gasteiger partial charge in [-0.1, -0.05) is 0 Å². The summed E-state index contributed by atoms with van der Waals surface area (Å²) in [5, 5.41) is 6.66. The van der Waals surface area contributed by atoms with Crippen molar-refractivity contribution < 1.29 is 8.42 Å². The van der Waals surface area contributed by atoms with Crippen molar-refractivity contribution in [3.8, 4) is 0 Å². The monoisotopic (exact) mass is 250 g/mol. The van der Waals surface area contributed by atoms with Crippen molar-refractivity contribution in [1.29, 1.82) is 0 Å². The zero-order chi connectivity index (χ0) is 11.7. The second kappa shape index (κ2) is 4.25. The fourth-order valence-corrected chi connectivity index (χ4v) is 3.62. The van der Waals surface area contributed by atoms with Crippen LogP contribution in [-0.4, -0.2) is 36.6 Å². The van der Waals surface area contributed by atoms with E-state index in [4.69, 9.17) is 12.2 Å². The summed E-state index contributed by atoms with van der Waals surface area (Å²) in [6.45, 7) is 6.02. The topological polar surface area (TPSA) is 58.2 Å². The lowest BCUT2D eigenvalue weighted by molar-refractivity contribution is 0.501. The molecular formula is C9H18N2O2S2. The summed E-state index contributed by atoms with van der Waals surface area (Å²) in [4.78, 5) is 0. The summed E-state index contributed by atoms with van der Waals surface area (Å²) >= 11 is 5.10. The van der Waals surface area contributed by atoms with Crippen molar-refractivity contribution in [3.05, 3.63) is 0 Å². The van der Waals surface area contributed by atoms with Gasteiger partial charge in [0.05, 0.1) is 11.5 Å². The quantitative estimate of drug-likeness (QED) is 0.661. The first kappa shape index (κ1) is 12.7. The van der Waals surface area contributed by atoms with Gasteiger partial charge in [0.1, 0.15) is 0 Å². The van der Waals surface area contributed by atoms with Crippen LogP contribution in [0.3, 0.4) is 0 Å². The average Bonchev–Trinajstić information content (AvgIpc) is 2.25. The normalized spacial score (nSPS) is 24.9. The molecule has 0 unspecified atom stereocenters. The lowest BCUT2D eigenvalue weighted by atomic mass is 10.1. The molecule has 1 fully saturated rings. The summed E-state index contributed by atoms with van der Waals surface area (Å²) in [6, 6.07) is -0.0302. The minimum atomic E-state index is -2.83. The molecule has 0 aromatic carbocycles. The van der Waals surface area contributed by atoms with Crippen molar-refractivity contribution >= 4 is 27.2 Å². The van der Waals surface area contributed by atoms with Crippen LogP contribution in [0.25, 0.3) is 0 Å². The van der Waals surface area contributed by atoms with E-state index in [-0.39, 0.29) is 23.1 Å². The maximum atomic E-state index is 11.2. The molecule has 0 bridgehead atoms. The number of sulfone groups is 1. The van der Waals surface area contributed by atoms with Crippen molar-refractivity contribution in [2.24, 2.45) is 0 Å². The Morgan fingerprint density at radius 3 is 2.40 bits per heavy atom. The van der Waals surface area contributed by atoms with E-state index in [9.17, 15) is 8.42 Å². The van der Waals surface area contributed by atoms with Crippen LogP contribution in [0.4, 0.5) is 0 Å². The molecule has 0 saturated carbocycles. The van der Waals surface area contributed by atoms with Crippen LogP contribution in [0.5, 0.6) is 0 Å². The third-order valence-electron chi connectivity index (χ3n) is 2.06. The van der Waals surface area contributed by atoms with Gasteiger partial charge in [0.25, 0.3) is 0 Å². The molecular weight excluding hydrogens is 232 g/mol. The molecule has 2 N–H and O–H groups in total. The van der Waals surface area contributed by atoms with Crippen molar-refractivity contribution in [1.82, 2.24) is 10.6 Å². The fourth-order valence-electron chi connectivity index (χ4n) is 1.47. The summed E-state index contributed by atoms with van der Waals surface area (Å²) < 4.78 is 22.4. The van der Waals surface area contributed by atoms with Crippen LogP contribution in [0.2, 0.25) is 0 Å². The SMILES string of the molecule is CC(C)(C)NC(=S)N[C@H]1CCS(=O)(=O)C1. The maximum Gasteiger partial charge on any atom is 0.166 e. The molecule has 0 aliphatic carbocycles. The second-order valence-electron chi connectivity index (χ2n) is 4.95. The van der Waals surface area contributed by atoms with Gasteiger partial charge in [0, 0.05) is 11.6 Å². The molecule has 0 radical (unpaired) electrons. The zero-order valence-corrected chi connectivity index (χ0v) is 11.0. The number of nitrogens with one attached hydrogen (secondary N) is 2. The van der Waals surface area contributed by atoms with Crippen LogP contribution in [0.1, 0.15) is 27.2 Å². The molecule has 0 aromatic rings. The number of hydrogen-bond donors (Lipinski definition) is 2. The van der Waals surface area contributed by atoms with Gasteiger partial charge < -0.3 is 10.6 Å². The van der Waals surface area contributed by atoms with Crippen LogP contribution >= 0.6 is 12.2 Å². The summed E-state index contributed by atoms with van der Waals surface area (Å²) in [5.41, 5.74) is -0.0957. The zero-order valence-electron chi connectivity index (χ0n) is 9.33. The Kier molecular flexibility index (Phi) is 3.60. The minimum Gasteiger partial charge on any atom is -0.359 e. The smallest absolute Gasteiger partial charge is 0.166 e. The van der Waals surface area contributed by atoms with Crippen LogP contribution in [-0.2, 0) is 9.84 Å². The fraction of sp³-hybridized carbons (Fsp3) is 0.889. The van der Waals surface area contributed by atoms with Gasteiger partial charge >= 0.3 is 0 Å². The lowest BCUT2D eigenvalue weighted by Crippen LogP contribution is -2.49. The molecule has 1 aliphatic heterocycles. The minimum absolute atomic E-state index is 0.0302. The second-order valence-corrected chi connectivity index (χ2v) is 7.59. The molecule has 1 atom stereocenters. The van der Waals surface area contributed by atoms with E-state index in [0.717, 1.165) is 0 Å². The molecule has 88 valence electrons. The first-order chi connectivity index (χ1) is 6.68. The lowest BCUT2D eigenvalue weighted by Gasteiger charge is -2.24. The highest BCUT2D eigenvalue weighted by atomic mass is 32.2. The van der Waals surface area contributed by atoms with Crippen LogP contribution < -0.4 is 10.6 Å². The molecule has 1 heterocycles. The van der Waals surface area contributed by atoms with E-state index in [1.165, 1.54) is 0 Å². The number of hydrogen-bond acceptors (Lipinski definition) is 3. The molecule has 0 amide bonds. The van der Waals surface area contributed by atoms with Gasteiger partial charge in [0.15, 0.2) is 14.9 Å². The van der Waals surface area contributed by atoms with Crippen molar-refractivity contribution in [2.75, 3.05) is 11.5 Å². The molecule has 0 spiro atoms. The van der Waals surface area contributed by atoms with Gasteiger partial charge in [-0.3, -0.25) is 0 Å². The van der Waals surface area contributed by atoms with E-state index in [1.54, 1.807) is 0 Å². The van der Waals surface area contributed by atoms with Gasteiger partial charge in [-0.05, 0) is 39.4 Å².